The largest absolute Gasteiger partial charge is 0.132 e. The van der Waals surface area contributed by atoms with E-state index in [1.165, 1.54) is 19.8 Å². The van der Waals surface area contributed by atoms with Gasteiger partial charge in [-0.1, -0.05) is 45.8 Å². The minimum absolute atomic E-state index is 0.300. The van der Waals surface area contributed by atoms with Crippen molar-refractivity contribution in [1.29, 1.82) is 0 Å². The summed E-state index contributed by atoms with van der Waals surface area (Å²) in [4.78, 5) is 1.63. The standard InChI is InChI=1S/C12H10Br2S/c1-8-3-2-4-9(7-8)12(14)10-5-6-11(13)15-10/h2-7,12H,1H3. The summed E-state index contributed by atoms with van der Waals surface area (Å²) in [6.07, 6.45) is 0. The molecule has 0 aliphatic carbocycles. The Labute approximate surface area is 111 Å². The van der Waals surface area contributed by atoms with Crippen molar-refractivity contribution >= 4 is 43.2 Å². The van der Waals surface area contributed by atoms with Crippen LogP contribution < -0.4 is 0 Å². The molecule has 2 aromatic rings. The Bertz CT molecular complexity index is 462. The van der Waals surface area contributed by atoms with E-state index in [0.717, 1.165) is 0 Å². The molecule has 0 radical (unpaired) electrons. The first-order valence-electron chi connectivity index (χ1n) is 4.62. The average Bonchev–Trinajstić information content (AvgIpc) is 2.64. The second-order valence-electron chi connectivity index (χ2n) is 3.42. The van der Waals surface area contributed by atoms with Crippen molar-refractivity contribution in [3.8, 4) is 0 Å². The van der Waals surface area contributed by atoms with Crippen LogP contribution >= 0.6 is 43.2 Å². The minimum Gasteiger partial charge on any atom is -0.132 e. The predicted octanol–water partition coefficient (Wildman–Crippen LogP) is 5.30. The second-order valence-corrected chi connectivity index (χ2v) is 6.83. The van der Waals surface area contributed by atoms with E-state index in [4.69, 9.17) is 0 Å². The lowest BCUT2D eigenvalue weighted by atomic mass is 10.1. The van der Waals surface area contributed by atoms with E-state index in [0.29, 0.717) is 4.83 Å². The Kier molecular flexibility index (Phi) is 3.65. The van der Waals surface area contributed by atoms with E-state index < -0.39 is 0 Å². The van der Waals surface area contributed by atoms with Crippen molar-refractivity contribution in [1.82, 2.24) is 0 Å². The number of hydrogen-bond donors (Lipinski definition) is 0. The van der Waals surface area contributed by atoms with Gasteiger partial charge in [0.15, 0.2) is 0 Å². The van der Waals surface area contributed by atoms with Crippen molar-refractivity contribution < 1.29 is 0 Å². The van der Waals surface area contributed by atoms with Crippen LogP contribution in [0.4, 0.5) is 0 Å². The third kappa shape index (κ3) is 2.71. The number of benzene rings is 1. The normalized spacial score (nSPS) is 12.7. The third-order valence-corrected chi connectivity index (χ3v) is 5.19. The lowest BCUT2D eigenvalue weighted by molar-refractivity contribution is 1.21. The van der Waals surface area contributed by atoms with Crippen LogP contribution in [0.2, 0.25) is 0 Å². The summed E-state index contributed by atoms with van der Waals surface area (Å²) in [6, 6.07) is 12.8. The van der Waals surface area contributed by atoms with Gasteiger partial charge < -0.3 is 0 Å². The number of hydrogen-bond acceptors (Lipinski definition) is 1. The summed E-state index contributed by atoms with van der Waals surface area (Å²) in [5.41, 5.74) is 2.61. The predicted molar refractivity (Wildman–Crippen MR) is 74.0 cm³/mol. The Morgan fingerprint density at radius 3 is 2.60 bits per heavy atom. The Morgan fingerprint density at radius 1 is 1.20 bits per heavy atom. The Hall–Kier alpha value is -0.120. The first-order chi connectivity index (χ1) is 7.16. The molecule has 0 aliphatic heterocycles. The van der Waals surface area contributed by atoms with Gasteiger partial charge in [0.1, 0.15) is 0 Å². The van der Waals surface area contributed by atoms with Crippen molar-refractivity contribution in [2.24, 2.45) is 0 Å². The van der Waals surface area contributed by atoms with Gasteiger partial charge in [-0.15, -0.1) is 11.3 Å². The van der Waals surface area contributed by atoms with Crippen LogP contribution in [0.15, 0.2) is 40.2 Å². The second kappa shape index (κ2) is 4.81. The van der Waals surface area contributed by atoms with Crippen LogP contribution in [0.3, 0.4) is 0 Å². The zero-order valence-electron chi connectivity index (χ0n) is 8.21. The van der Waals surface area contributed by atoms with E-state index in [9.17, 15) is 0 Å². The molecular weight excluding hydrogens is 336 g/mol. The summed E-state index contributed by atoms with van der Waals surface area (Å²) in [7, 11) is 0. The van der Waals surface area contributed by atoms with Crippen LogP contribution in [0.5, 0.6) is 0 Å². The van der Waals surface area contributed by atoms with E-state index in [2.05, 4.69) is 75.2 Å². The van der Waals surface area contributed by atoms with Gasteiger partial charge in [0.2, 0.25) is 0 Å². The summed E-state index contributed by atoms with van der Waals surface area (Å²) >= 11 is 8.98. The smallest absolute Gasteiger partial charge is 0.0738 e. The molecule has 0 spiro atoms. The van der Waals surface area contributed by atoms with Gasteiger partial charge in [-0.2, -0.15) is 0 Å². The number of halogens is 2. The number of rotatable bonds is 2. The molecule has 0 aliphatic rings. The molecule has 0 saturated heterocycles. The fourth-order valence-electron chi connectivity index (χ4n) is 1.46. The molecule has 1 aromatic heterocycles. The van der Waals surface area contributed by atoms with Crippen molar-refractivity contribution in [3.63, 3.8) is 0 Å². The van der Waals surface area contributed by atoms with Crippen molar-refractivity contribution in [3.05, 3.63) is 56.2 Å². The summed E-state index contributed by atoms with van der Waals surface area (Å²) in [6.45, 7) is 2.12. The van der Waals surface area contributed by atoms with E-state index in [1.807, 2.05) is 0 Å². The first kappa shape index (κ1) is 11.4. The molecule has 1 unspecified atom stereocenters. The lowest BCUT2D eigenvalue weighted by Crippen LogP contribution is -1.89. The molecule has 3 heteroatoms. The highest BCUT2D eigenvalue weighted by atomic mass is 79.9. The molecule has 0 amide bonds. The molecule has 0 nitrogen and oxygen atoms in total. The van der Waals surface area contributed by atoms with Crippen LogP contribution in [0.1, 0.15) is 20.8 Å². The highest BCUT2D eigenvalue weighted by Crippen LogP contribution is 2.36. The molecule has 0 fully saturated rings. The van der Waals surface area contributed by atoms with E-state index in [1.54, 1.807) is 11.3 Å². The molecule has 0 saturated carbocycles. The monoisotopic (exact) mass is 344 g/mol. The van der Waals surface area contributed by atoms with Crippen LogP contribution in [-0.2, 0) is 0 Å². The Balaban J connectivity index is 2.32. The van der Waals surface area contributed by atoms with Crippen LogP contribution in [0, 0.1) is 6.92 Å². The molecule has 2 rings (SSSR count). The number of thiophene rings is 1. The van der Waals surface area contributed by atoms with Gasteiger partial charge in [-0.25, -0.2) is 0 Å². The molecule has 1 atom stereocenters. The van der Waals surface area contributed by atoms with Gasteiger partial charge in [-0.05, 0) is 40.5 Å². The average molecular weight is 346 g/mol. The highest BCUT2D eigenvalue weighted by Gasteiger charge is 2.12. The van der Waals surface area contributed by atoms with Gasteiger partial charge >= 0.3 is 0 Å². The molecule has 1 heterocycles. The van der Waals surface area contributed by atoms with Gasteiger partial charge in [-0.3, -0.25) is 0 Å². The maximum atomic E-state index is 3.73. The molecule has 78 valence electrons. The lowest BCUT2D eigenvalue weighted by Gasteiger charge is -2.08. The molecule has 0 N–H and O–H groups in total. The zero-order valence-corrected chi connectivity index (χ0v) is 12.2. The maximum Gasteiger partial charge on any atom is 0.0738 e. The molecule has 1 aromatic carbocycles. The SMILES string of the molecule is Cc1cccc(C(Br)c2ccc(Br)s2)c1. The third-order valence-electron chi connectivity index (χ3n) is 2.18. The fraction of sp³-hybridized carbons (Fsp3) is 0.167. The summed E-state index contributed by atoms with van der Waals surface area (Å²) < 4.78 is 1.18. The molecular formula is C12H10Br2S. The van der Waals surface area contributed by atoms with Gasteiger partial charge in [0, 0.05) is 4.88 Å². The van der Waals surface area contributed by atoms with Gasteiger partial charge in [0.05, 0.1) is 8.61 Å². The van der Waals surface area contributed by atoms with Gasteiger partial charge in [0.25, 0.3) is 0 Å². The maximum absolute atomic E-state index is 3.73. The topological polar surface area (TPSA) is 0 Å². The van der Waals surface area contributed by atoms with Crippen LogP contribution in [-0.4, -0.2) is 0 Å². The van der Waals surface area contributed by atoms with Crippen molar-refractivity contribution in [2.45, 2.75) is 11.8 Å². The molecule has 0 bridgehead atoms. The zero-order chi connectivity index (χ0) is 10.8. The first-order valence-corrected chi connectivity index (χ1v) is 7.15. The summed E-state index contributed by atoms with van der Waals surface area (Å²) in [5, 5.41) is 0. The fourth-order valence-corrected chi connectivity index (χ4v) is 3.60. The van der Waals surface area contributed by atoms with E-state index >= 15 is 0 Å². The quantitative estimate of drug-likeness (QED) is 0.647. The number of alkyl halides is 1. The number of aryl methyl sites for hydroxylation is 1. The Morgan fingerprint density at radius 2 is 2.00 bits per heavy atom. The van der Waals surface area contributed by atoms with Crippen LogP contribution in [0.25, 0.3) is 0 Å². The van der Waals surface area contributed by atoms with E-state index in [-0.39, 0.29) is 0 Å². The minimum atomic E-state index is 0.300. The molecule has 15 heavy (non-hydrogen) atoms. The highest BCUT2D eigenvalue weighted by molar-refractivity contribution is 9.11. The van der Waals surface area contributed by atoms with Crippen molar-refractivity contribution in [2.75, 3.05) is 0 Å². The summed E-state index contributed by atoms with van der Waals surface area (Å²) in [5.74, 6) is 0.